The van der Waals surface area contributed by atoms with Crippen molar-refractivity contribution >= 4 is 11.5 Å². The van der Waals surface area contributed by atoms with Gasteiger partial charge in [0.1, 0.15) is 5.82 Å². The van der Waals surface area contributed by atoms with Gasteiger partial charge in [-0.1, -0.05) is 33.1 Å². The van der Waals surface area contributed by atoms with Crippen molar-refractivity contribution in [2.24, 2.45) is 5.92 Å². The van der Waals surface area contributed by atoms with Gasteiger partial charge >= 0.3 is 0 Å². The third-order valence-electron chi connectivity index (χ3n) is 3.72. The number of nitrogens with one attached hydrogen (secondary N) is 1. The highest BCUT2D eigenvalue weighted by Crippen LogP contribution is 2.26. The zero-order valence-corrected chi connectivity index (χ0v) is 13.2. The van der Waals surface area contributed by atoms with E-state index in [-0.39, 0.29) is 0 Å². The third kappa shape index (κ3) is 4.15. The predicted molar refractivity (Wildman–Crippen MR) is 83.6 cm³/mol. The first-order valence-corrected chi connectivity index (χ1v) is 7.59. The van der Waals surface area contributed by atoms with Gasteiger partial charge in [0, 0.05) is 12.6 Å². The number of aryl methyl sites for hydroxylation is 1. The maximum Gasteiger partial charge on any atom is 0.148 e. The number of nitrogen functional groups attached to an aromatic ring is 1. The second-order valence-corrected chi connectivity index (χ2v) is 5.68. The van der Waals surface area contributed by atoms with Crippen LogP contribution in [-0.4, -0.2) is 16.3 Å². The quantitative estimate of drug-likeness (QED) is 0.748. The molecule has 0 amide bonds. The number of unbranched alkanes of at least 4 members (excludes halogenated alkanes) is 1. The number of anilines is 2. The van der Waals surface area contributed by atoms with Crippen molar-refractivity contribution in [3.63, 3.8) is 0 Å². The zero-order chi connectivity index (χ0) is 14.4. The van der Waals surface area contributed by atoms with Crippen molar-refractivity contribution < 1.29 is 0 Å². The van der Waals surface area contributed by atoms with E-state index < -0.39 is 0 Å². The lowest BCUT2D eigenvalue weighted by Crippen LogP contribution is -2.18. The summed E-state index contributed by atoms with van der Waals surface area (Å²) in [5.74, 6) is 1.71. The molecule has 1 unspecified atom stereocenters. The lowest BCUT2D eigenvalue weighted by atomic mass is 9.99. The summed E-state index contributed by atoms with van der Waals surface area (Å²) in [6.07, 6.45) is 5.07. The van der Waals surface area contributed by atoms with E-state index in [1.54, 1.807) is 0 Å². The minimum atomic E-state index is 0.328. The Morgan fingerprint density at radius 3 is 2.53 bits per heavy atom. The number of aromatic nitrogens is 2. The first kappa shape index (κ1) is 15.9. The van der Waals surface area contributed by atoms with Gasteiger partial charge in [-0.2, -0.15) is 5.10 Å². The Morgan fingerprint density at radius 2 is 2.00 bits per heavy atom. The van der Waals surface area contributed by atoms with Crippen LogP contribution in [-0.2, 0) is 0 Å². The lowest BCUT2D eigenvalue weighted by molar-refractivity contribution is 0.467. The molecule has 1 aromatic heterocycles. The summed E-state index contributed by atoms with van der Waals surface area (Å²) < 4.78 is 2.00. The molecule has 3 N–H and O–H groups in total. The van der Waals surface area contributed by atoms with Gasteiger partial charge < -0.3 is 11.1 Å². The molecule has 0 saturated carbocycles. The summed E-state index contributed by atoms with van der Waals surface area (Å²) in [5, 5.41) is 8.02. The number of hydrogen-bond acceptors (Lipinski definition) is 3. The molecule has 0 fully saturated rings. The van der Waals surface area contributed by atoms with Crippen molar-refractivity contribution in [1.82, 2.24) is 9.78 Å². The van der Waals surface area contributed by atoms with Crippen molar-refractivity contribution in [3.8, 4) is 0 Å². The van der Waals surface area contributed by atoms with E-state index in [2.05, 4.69) is 38.1 Å². The molecule has 1 atom stereocenters. The number of nitrogens with zero attached hydrogens (tertiary/aromatic N) is 2. The molecular weight excluding hydrogens is 236 g/mol. The Morgan fingerprint density at radius 1 is 1.32 bits per heavy atom. The molecule has 1 rings (SSSR count). The SMILES string of the molecule is CCCCC(CC)CNc1c(N)c(C)nn1C(C)C. The average molecular weight is 266 g/mol. The number of nitrogens with two attached hydrogens (primary N) is 1. The fourth-order valence-corrected chi connectivity index (χ4v) is 2.29. The molecular formula is C15H30N4. The van der Waals surface area contributed by atoms with Crippen molar-refractivity contribution in [2.75, 3.05) is 17.6 Å². The summed E-state index contributed by atoms with van der Waals surface area (Å²) in [7, 11) is 0. The van der Waals surface area contributed by atoms with E-state index in [4.69, 9.17) is 5.73 Å². The van der Waals surface area contributed by atoms with Crippen LogP contribution >= 0.6 is 0 Å². The van der Waals surface area contributed by atoms with Crippen LogP contribution in [0.1, 0.15) is 65.1 Å². The lowest BCUT2D eigenvalue weighted by Gasteiger charge is -2.18. The standard InChI is InChI=1S/C15H30N4/c1-6-8-9-13(7-2)10-17-15-14(16)12(5)18-19(15)11(3)4/h11,13,17H,6-10,16H2,1-5H3. The summed E-state index contributed by atoms with van der Waals surface area (Å²) in [5.41, 5.74) is 7.83. The second kappa shape index (κ2) is 7.41. The molecule has 0 spiro atoms. The van der Waals surface area contributed by atoms with Gasteiger partial charge in [-0.25, -0.2) is 4.68 Å². The maximum absolute atomic E-state index is 6.12. The highest BCUT2D eigenvalue weighted by Gasteiger charge is 2.15. The van der Waals surface area contributed by atoms with Gasteiger partial charge in [-0.05, 0) is 33.1 Å². The Bertz CT molecular complexity index is 382. The number of rotatable bonds is 8. The van der Waals surface area contributed by atoms with Gasteiger partial charge in [0.15, 0.2) is 0 Å². The summed E-state index contributed by atoms with van der Waals surface area (Å²) in [6.45, 7) is 11.7. The molecule has 4 nitrogen and oxygen atoms in total. The van der Waals surface area contributed by atoms with Crippen LogP contribution in [0.15, 0.2) is 0 Å². The first-order valence-electron chi connectivity index (χ1n) is 7.59. The van der Waals surface area contributed by atoms with Crippen LogP contribution in [0.25, 0.3) is 0 Å². The van der Waals surface area contributed by atoms with E-state index in [0.717, 1.165) is 29.7 Å². The van der Waals surface area contributed by atoms with E-state index in [1.807, 2.05) is 11.6 Å². The molecule has 1 aromatic rings. The Labute approximate surface area is 117 Å². The van der Waals surface area contributed by atoms with Crippen molar-refractivity contribution in [3.05, 3.63) is 5.69 Å². The second-order valence-electron chi connectivity index (χ2n) is 5.68. The van der Waals surface area contributed by atoms with E-state index in [9.17, 15) is 0 Å². The van der Waals surface area contributed by atoms with E-state index in [0.29, 0.717) is 6.04 Å². The highest BCUT2D eigenvalue weighted by molar-refractivity contribution is 5.64. The summed E-state index contributed by atoms with van der Waals surface area (Å²) in [4.78, 5) is 0. The van der Waals surface area contributed by atoms with Crippen molar-refractivity contribution in [2.45, 2.75) is 66.3 Å². The molecule has 0 aliphatic heterocycles. The minimum absolute atomic E-state index is 0.328. The normalized spacial score (nSPS) is 12.9. The van der Waals surface area contributed by atoms with Crippen LogP contribution in [0.5, 0.6) is 0 Å². The predicted octanol–water partition coefficient (Wildman–Crippen LogP) is 3.98. The topological polar surface area (TPSA) is 55.9 Å². The Kier molecular flexibility index (Phi) is 6.19. The van der Waals surface area contributed by atoms with Crippen LogP contribution in [0.3, 0.4) is 0 Å². The largest absolute Gasteiger partial charge is 0.394 e. The van der Waals surface area contributed by atoms with Gasteiger partial charge in [-0.3, -0.25) is 0 Å². The fraction of sp³-hybridized carbons (Fsp3) is 0.800. The molecule has 110 valence electrons. The Balaban J connectivity index is 2.70. The summed E-state index contributed by atoms with van der Waals surface area (Å²) in [6, 6.07) is 0.328. The molecule has 4 heteroatoms. The van der Waals surface area contributed by atoms with E-state index >= 15 is 0 Å². The maximum atomic E-state index is 6.12. The summed E-state index contributed by atoms with van der Waals surface area (Å²) >= 11 is 0. The molecule has 0 saturated heterocycles. The van der Waals surface area contributed by atoms with Crippen LogP contribution in [0.2, 0.25) is 0 Å². The van der Waals surface area contributed by atoms with Crippen LogP contribution < -0.4 is 11.1 Å². The highest BCUT2D eigenvalue weighted by atomic mass is 15.4. The molecule has 19 heavy (non-hydrogen) atoms. The van der Waals surface area contributed by atoms with E-state index in [1.165, 1.54) is 25.7 Å². The molecule has 0 bridgehead atoms. The average Bonchev–Trinajstić information content (AvgIpc) is 2.67. The Hall–Kier alpha value is -1.19. The van der Waals surface area contributed by atoms with Crippen LogP contribution in [0.4, 0.5) is 11.5 Å². The van der Waals surface area contributed by atoms with Crippen LogP contribution in [0, 0.1) is 12.8 Å². The van der Waals surface area contributed by atoms with Gasteiger partial charge in [0.05, 0.1) is 11.4 Å². The molecule has 0 radical (unpaired) electrons. The third-order valence-corrected chi connectivity index (χ3v) is 3.72. The van der Waals surface area contributed by atoms with Gasteiger partial charge in [-0.15, -0.1) is 0 Å². The smallest absolute Gasteiger partial charge is 0.148 e. The minimum Gasteiger partial charge on any atom is -0.394 e. The molecule has 0 aliphatic rings. The monoisotopic (exact) mass is 266 g/mol. The molecule has 0 aromatic carbocycles. The zero-order valence-electron chi connectivity index (χ0n) is 13.2. The molecule has 0 aliphatic carbocycles. The number of hydrogen-bond donors (Lipinski definition) is 2. The van der Waals surface area contributed by atoms with Gasteiger partial charge in [0.2, 0.25) is 0 Å². The first-order chi connectivity index (χ1) is 9.01. The molecule has 1 heterocycles. The van der Waals surface area contributed by atoms with Crippen molar-refractivity contribution in [1.29, 1.82) is 0 Å². The fourth-order valence-electron chi connectivity index (χ4n) is 2.29. The van der Waals surface area contributed by atoms with Gasteiger partial charge in [0.25, 0.3) is 0 Å².